The number of rotatable bonds is 6. The minimum absolute atomic E-state index is 0.110. The number of tetrazole rings is 1. The van der Waals surface area contributed by atoms with Crippen LogP contribution in [-0.4, -0.2) is 37.2 Å². The number of halogens is 1. The fraction of sp³-hybridized carbons (Fsp3) is 0.143. The number of nitrogens with zero attached hydrogens (tertiary/aromatic N) is 4. The first-order chi connectivity index (χ1) is 11.1. The molecule has 3 rings (SSSR count). The van der Waals surface area contributed by atoms with Gasteiger partial charge in [-0.3, -0.25) is 9.59 Å². The van der Waals surface area contributed by atoms with Crippen molar-refractivity contribution >= 4 is 22.9 Å². The first-order valence-corrected chi connectivity index (χ1v) is 7.48. The van der Waals surface area contributed by atoms with Gasteiger partial charge in [0, 0.05) is 11.8 Å². The molecule has 0 spiro atoms. The predicted octanol–water partition coefficient (Wildman–Crippen LogP) is 1.38. The van der Waals surface area contributed by atoms with E-state index in [-0.39, 0.29) is 18.1 Å². The van der Waals surface area contributed by atoms with Gasteiger partial charge in [-0.15, -0.1) is 21.5 Å². The van der Waals surface area contributed by atoms with Crippen LogP contribution in [0.2, 0.25) is 0 Å². The minimum atomic E-state index is -0.797. The maximum absolute atomic E-state index is 12.9. The highest BCUT2D eigenvalue weighted by Gasteiger charge is 2.21. The van der Waals surface area contributed by atoms with Gasteiger partial charge in [0.15, 0.2) is 0 Å². The number of aromatic nitrogens is 5. The molecular weight excluding hydrogens is 321 g/mol. The average molecular weight is 331 g/mol. The fourth-order valence-electron chi connectivity index (χ4n) is 1.92. The van der Waals surface area contributed by atoms with Crippen LogP contribution >= 0.6 is 11.3 Å². The van der Waals surface area contributed by atoms with Crippen molar-refractivity contribution in [2.45, 2.75) is 12.8 Å². The van der Waals surface area contributed by atoms with Crippen LogP contribution in [0.25, 0.3) is 0 Å². The Morgan fingerprint density at radius 1 is 1.22 bits per heavy atom. The monoisotopic (exact) mass is 331 g/mol. The Hall–Kier alpha value is -2.81. The van der Waals surface area contributed by atoms with Crippen molar-refractivity contribution in [3.63, 3.8) is 0 Å². The Bertz CT molecular complexity index is 829. The van der Waals surface area contributed by atoms with Crippen molar-refractivity contribution in [2.24, 2.45) is 0 Å². The third-order valence-electron chi connectivity index (χ3n) is 3.01. The van der Waals surface area contributed by atoms with Gasteiger partial charge in [0.1, 0.15) is 10.8 Å². The van der Waals surface area contributed by atoms with Crippen molar-refractivity contribution in [3.05, 3.63) is 57.6 Å². The van der Waals surface area contributed by atoms with E-state index >= 15 is 0 Å². The summed E-state index contributed by atoms with van der Waals surface area (Å²) in [6.07, 6.45) is 0.422. The highest BCUT2D eigenvalue weighted by atomic mass is 32.1. The van der Waals surface area contributed by atoms with Gasteiger partial charge in [-0.2, -0.15) is 5.21 Å². The van der Waals surface area contributed by atoms with E-state index in [0.29, 0.717) is 11.4 Å². The molecular formula is C14H10FN5O2S. The molecule has 0 fully saturated rings. The molecule has 2 heterocycles. The number of carbonyl (C=O) groups is 2. The van der Waals surface area contributed by atoms with E-state index in [2.05, 4.69) is 25.6 Å². The first kappa shape index (κ1) is 15.1. The maximum atomic E-state index is 12.9. The summed E-state index contributed by atoms with van der Waals surface area (Å²) in [5.74, 6) is -1.99. The van der Waals surface area contributed by atoms with Crippen LogP contribution in [0.3, 0.4) is 0 Å². The topological polar surface area (TPSA) is 101 Å². The molecule has 0 unspecified atom stereocenters. The summed E-state index contributed by atoms with van der Waals surface area (Å²) in [5, 5.41) is 14.7. The molecule has 0 aliphatic carbocycles. The summed E-state index contributed by atoms with van der Waals surface area (Å²) >= 11 is 1.29. The van der Waals surface area contributed by atoms with E-state index in [9.17, 15) is 14.0 Å². The van der Waals surface area contributed by atoms with Gasteiger partial charge in [-0.25, -0.2) is 9.37 Å². The van der Waals surface area contributed by atoms with E-state index in [1.54, 1.807) is 12.1 Å². The predicted molar refractivity (Wildman–Crippen MR) is 78.5 cm³/mol. The van der Waals surface area contributed by atoms with Crippen LogP contribution in [0.1, 0.15) is 26.9 Å². The van der Waals surface area contributed by atoms with Gasteiger partial charge in [-0.05, 0) is 22.9 Å². The summed E-state index contributed by atoms with van der Waals surface area (Å²) in [7, 11) is 0. The number of nitrogens with one attached hydrogen (secondary N) is 1. The quantitative estimate of drug-likeness (QED) is 0.541. The van der Waals surface area contributed by atoms with Gasteiger partial charge in [0.05, 0.1) is 12.1 Å². The smallest absolute Gasteiger partial charge is 0.269 e. The lowest BCUT2D eigenvalue weighted by atomic mass is 10.1. The number of Topliss-reactive ketones (excluding diaryl/α,β-unsaturated/α-hetero) is 2. The Kier molecular flexibility index (Phi) is 4.29. The molecule has 116 valence electrons. The Morgan fingerprint density at radius 2 is 2.00 bits per heavy atom. The number of benzene rings is 1. The number of ketones is 2. The van der Waals surface area contributed by atoms with E-state index in [1.165, 1.54) is 23.5 Å². The van der Waals surface area contributed by atoms with Crippen LogP contribution in [0.5, 0.6) is 0 Å². The lowest BCUT2D eigenvalue weighted by Crippen LogP contribution is -2.18. The molecule has 1 aromatic carbocycles. The van der Waals surface area contributed by atoms with Crippen molar-refractivity contribution in [2.75, 3.05) is 0 Å². The van der Waals surface area contributed by atoms with E-state index in [0.717, 1.165) is 11.3 Å². The molecule has 0 atom stereocenters. The van der Waals surface area contributed by atoms with Crippen LogP contribution in [0.4, 0.5) is 4.39 Å². The standard InChI is InChI=1S/C14H10FN5O2S/c15-9-3-1-8(2-4-9)5-10-7-23-12(16-10)6-11(21)13(22)14-17-19-20-18-14/h1-4,7H,5-6H2,(H,17,18,19,20). The number of hydrogen-bond donors (Lipinski definition) is 1. The average Bonchev–Trinajstić information content (AvgIpc) is 3.21. The summed E-state index contributed by atoms with van der Waals surface area (Å²) in [6, 6.07) is 6.13. The minimum Gasteiger partial charge on any atom is -0.290 e. The lowest BCUT2D eigenvalue weighted by Gasteiger charge is -1.97. The zero-order valence-corrected chi connectivity index (χ0v) is 12.5. The van der Waals surface area contributed by atoms with E-state index in [4.69, 9.17) is 0 Å². The molecule has 0 aliphatic rings. The summed E-state index contributed by atoms with van der Waals surface area (Å²) in [4.78, 5) is 27.9. The Labute approximate surface area is 133 Å². The zero-order chi connectivity index (χ0) is 16.2. The van der Waals surface area contributed by atoms with Gasteiger partial charge < -0.3 is 0 Å². The molecule has 3 aromatic rings. The molecule has 0 amide bonds. The fourth-order valence-corrected chi connectivity index (χ4v) is 2.72. The van der Waals surface area contributed by atoms with Crippen molar-refractivity contribution in [1.29, 1.82) is 0 Å². The molecule has 9 heteroatoms. The molecule has 2 aromatic heterocycles. The summed E-state index contributed by atoms with van der Waals surface area (Å²) < 4.78 is 12.9. The van der Waals surface area contributed by atoms with Crippen molar-refractivity contribution < 1.29 is 14.0 Å². The zero-order valence-electron chi connectivity index (χ0n) is 11.7. The number of aromatic amines is 1. The number of H-pyrrole nitrogens is 1. The van der Waals surface area contributed by atoms with Crippen LogP contribution in [-0.2, 0) is 17.6 Å². The second-order valence-corrected chi connectivity index (χ2v) is 5.64. The van der Waals surface area contributed by atoms with Gasteiger partial charge in [-0.1, -0.05) is 12.1 Å². The molecule has 0 radical (unpaired) electrons. The van der Waals surface area contributed by atoms with Crippen LogP contribution < -0.4 is 0 Å². The normalized spacial score (nSPS) is 10.7. The third-order valence-corrected chi connectivity index (χ3v) is 3.91. The van der Waals surface area contributed by atoms with Crippen LogP contribution in [0.15, 0.2) is 29.6 Å². The molecule has 7 nitrogen and oxygen atoms in total. The summed E-state index contributed by atoms with van der Waals surface area (Å²) in [5.41, 5.74) is 1.67. The largest absolute Gasteiger partial charge is 0.290 e. The number of thiazole rings is 1. The molecule has 0 bridgehead atoms. The van der Waals surface area contributed by atoms with E-state index < -0.39 is 11.6 Å². The molecule has 0 saturated heterocycles. The van der Waals surface area contributed by atoms with Crippen LogP contribution in [0, 0.1) is 5.82 Å². The Morgan fingerprint density at radius 3 is 2.70 bits per heavy atom. The molecule has 0 saturated carbocycles. The molecule has 0 aliphatic heterocycles. The van der Waals surface area contributed by atoms with Gasteiger partial charge in [0.2, 0.25) is 11.6 Å². The molecule has 23 heavy (non-hydrogen) atoms. The second-order valence-electron chi connectivity index (χ2n) is 4.70. The van der Waals surface area contributed by atoms with Gasteiger partial charge >= 0.3 is 0 Å². The number of carbonyl (C=O) groups excluding carboxylic acids is 2. The van der Waals surface area contributed by atoms with Crippen molar-refractivity contribution in [3.8, 4) is 0 Å². The number of hydrogen-bond acceptors (Lipinski definition) is 7. The van der Waals surface area contributed by atoms with Gasteiger partial charge in [0.25, 0.3) is 5.78 Å². The molecule has 1 N–H and O–H groups in total. The Balaban J connectivity index is 1.64. The SMILES string of the molecule is O=C(Cc1nc(Cc2ccc(F)cc2)cs1)C(=O)c1nn[nH]n1. The second kappa shape index (κ2) is 6.53. The highest BCUT2D eigenvalue weighted by Crippen LogP contribution is 2.15. The van der Waals surface area contributed by atoms with Crippen molar-refractivity contribution in [1.82, 2.24) is 25.6 Å². The first-order valence-electron chi connectivity index (χ1n) is 6.60. The highest BCUT2D eigenvalue weighted by molar-refractivity contribution is 7.09. The third kappa shape index (κ3) is 3.69. The summed E-state index contributed by atoms with van der Waals surface area (Å²) in [6.45, 7) is 0. The lowest BCUT2D eigenvalue weighted by molar-refractivity contribution is -0.114. The maximum Gasteiger partial charge on any atom is 0.269 e. The van der Waals surface area contributed by atoms with E-state index in [1.807, 2.05) is 5.38 Å².